The molecule has 0 amide bonds. The largest absolute Gasteiger partial charge is 0.368 e. The van der Waals surface area contributed by atoms with Gasteiger partial charge in [-0.2, -0.15) is 0 Å². The van der Waals surface area contributed by atoms with Crippen molar-refractivity contribution in [3.63, 3.8) is 0 Å². The van der Waals surface area contributed by atoms with Gasteiger partial charge < -0.3 is 5.73 Å². The molecule has 2 N–H and O–H groups in total. The van der Waals surface area contributed by atoms with Crippen LogP contribution in [0, 0.1) is 0 Å². The number of hydrogen-bond donors (Lipinski definition) is 1. The molecule has 0 aliphatic heterocycles. The van der Waals surface area contributed by atoms with Crippen LogP contribution in [0.5, 0.6) is 0 Å². The van der Waals surface area contributed by atoms with Gasteiger partial charge in [-0.3, -0.25) is 4.40 Å². The molecule has 1 saturated carbocycles. The van der Waals surface area contributed by atoms with E-state index >= 15 is 0 Å². The molecule has 2 heterocycles. The predicted octanol–water partition coefficient (Wildman–Crippen LogP) is 1.19. The average Bonchev–Trinajstić information content (AvgIpc) is 2.93. The molecule has 66 valence electrons. The van der Waals surface area contributed by atoms with Crippen LogP contribution in [0.4, 0.5) is 5.95 Å². The molecule has 1 aliphatic carbocycles. The Morgan fingerprint density at radius 3 is 2.92 bits per heavy atom. The van der Waals surface area contributed by atoms with E-state index in [-0.39, 0.29) is 0 Å². The van der Waals surface area contributed by atoms with Crippen LogP contribution in [0.15, 0.2) is 18.3 Å². The Morgan fingerprint density at radius 1 is 1.31 bits per heavy atom. The Kier molecular flexibility index (Phi) is 1.17. The van der Waals surface area contributed by atoms with Gasteiger partial charge in [-0.25, -0.2) is 0 Å². The van der Waals surface area contributed by atoms with Gasteiger partial charge in [0.1, 0.15) is 0 Å². The molecule has 2 aromatic heterocycles. The summed E-state index contributed by atoms with van der Waals surface area (Å²) in [4.78, 5) is 0. The third-order valence-electron chi connectivity index (χ3n) is 2.50. The first-order valence-corrected chi connectivity index (χ1v) is 4.45. The van der Waals surface area contributed by atoms with Crippen molar-refractivity contribution in [2.45, 2.75) is 18.8 Å². The summed E-state index contributed by atoms with van der Waals surface area (Å²) in [6.07, 6.45) is 4.64. The maximum atomic E-state index is 5.66. The molecule has 4 heteroatoms. The summed E-state index contributed by atoms with van der Waals surface area (Å²) >= 11 is 0. The maximum absolute atomic E-state index is 5.66. The highest BCUT2D eigenvalue weighted by Gasteiger charge is 2.23. The minimum atomic E-state index is 0.470. The molecule has 1 aliphatic rings. The smallest absolute Gasteiger partial charge is 0.226 e. The fourth-order valence-corrected chi connectivity index (χ4v) is 1.58. The lowest BCUT2D eigenvalue weighted by Gasteiger charge is -1.99. The second-order valence-electron chi connectivity index (χ2n) is 3.52. The number of pyridine rings is 1. The van der Waals surface area contributed by atoms with E-state index in [4.69, 9.17) is 5.73 Å². The highest BCUT2D eigenvalue weighted by molar-refractivity contribution is 5.45. The number of nitrogens with two attached hydrogens (primary N) is 1. The molecule has 4 nitrogen and oxygen atoms in total. The van der Waals surface area contributed by atoms with Crippen molar-refractivity contribution < 1.29 is 0 Å². The third-order valence-corrected chi connectivity index (χ3v) is 2.50. The van der Waals surface area contributed by atoms with Crippen LogP contribution in [0.1, 0.15) is 24.3 Å². The molecule has 0 radical (unpaired) electrons. The Balaban J connectivity index is 2.24. The molecule has 0 bridgehead atoms. The van der Waals surface area contributed by atoms with Crippen molar-refractivity contribution in [2.75, 3.05) is 5.73 Å². The van der Waals surface area contributed by atoms with Gasteiger partial charge in [0.05, 0.1) is 0 Å². The number of anilines is 1. The van der Waals surface area contributed by atoms with Crippen LogP contribution in [0.3, 0.4) is 0 Å². The van der Waals surface area contributed by atoms with Crippen LogP contribution in [0.2, 0.25) is 0 Å². The number of fused-ring (bicyclic) bond motifs is 1. The second-order valence-corrected chi connectivity index (χ2v) is 3.52. The molecule has 3 rings (SSSR count). The molecule has 13 heavy (non-hydrogen) atoms. The van der Waals surface area contributed by atoms with Crippen molar-refractivity contribution in [1.29, 1.82) is 0 Å². The quantitative estimate of drug-likeness (QED) is 0.706. The third kappa shape index (κ3) is 0.983. The number of aromatic nitrogens is 3. The van der Waals surface area contributed by atoms with E-state index in [1.807, 2.05) is 16.7 Å². The highest BCUT2D eigenvalue weighted by atomic mass is 15.3. The Hall–Kier alpha value is -1.58. The Bertz CT molecular complexity index is 456. The lowest BCUT2D eigenvalue weighted by Crippen LogP contribution is -1.94. The standard InChI is InChI=1S/C9H10N4/c10-9-12-11-8-4-3-7(5-13(8)9)6-1-2-6/h3-6H,1-2H2,(H2,10,12). The SMILES string of the molecule is Nc1nnc2ccc(C3CC3)cn12. The minimum Gasteiger partial charge on any atom is -0.368 e. The first-order valence-electron chi connectivity index (χ1n) is 4.45. The molecule has 0 spiro atoms. The summed E-state index contributed by atoms with van der Waals surface area (Å²) in [6, 6.07) is 4.08. The van der Waals surface area contributed by atoms with E-state index in [1.54, 1.807) is 0 Å². The van der Waals surface area contributed by atoms with Gasteiger partial charge in [0.25, 0.3) is 0 Å². The molecule has 0 aromatic carbocycles. The van der Waals surface area contributed by atoms with E-state index in [9.17, 15) is 0 Å². The fourth-order valence-electron chi connectivity index (χ4n) is 1.58. The highest BCUT2D eigenvalue weighted by Crippen LogP contribution is 2.39. The number of hydrogen-bond acceptors (Lipinski definition) is 3. The Labute approximate surface area is 75.4 Å². The van der Waals surface area contributed by atoms with Gasteiger partial charge in [-0.05, 0) is 30.4 Å². The normalized spacial score (nSPS) is 16.6. The molecule has 1 fully saturated rings. The summed E-state index contributed by atoms with van der Waals surface area (Å²) in [5.41, 5.74) is 7.82. The van der Waals surface area contributed by atoms with E-state index in [0.29, 0.717) is 5.95 Å². The second kappa shape index (κ2) is 2.22. The topological polar surface area (TPSA) is 56.2 Å². The van der Waals surface area contributed by atoms with Gasteiger partial charge >= 0.3 is 0 Å². The Morgan fingerprint density at radius 2 is 2.15 bits per heavy atom. The van der Waals surface area contributed by atoms with Crippen molar-refractivity contribution in [2.24, 2.45) is 0 Å². The zero-order valence-electron chi connectivity index (χ0n) is 7.14. The zero-order chi connectivity index (χ0) is 8.84. The fraction of sp³-hybridized carbons (Fsp3) is 0.333. The van der Waals surface area contributed by atoms with Crippen LogP contribution in [0.25, 0.3) is 5.65 Å². The summed E-state index contributed by atoms with van der Waals surface area (Å²) in [5.74, 6) is 1.21. The summed E-state index contributed by atoms with van der Waals surface area (Å²) < 4.78 is 1.84. The van der Waals surface area contributed by atoms with Gasteiger partial charge in [0, 0.05) is 6.20 Å². The molecule has 2 aromatic rings. The molecule has 0 unspecified atom stereocenters. The van der Waals surface area contributed by atoms with E-state index in [0.717, 1.165) is 11.6 Å². The number of nitrogens with zero attached hydrogens (tertiary/aromatic N) is 3. The summed E-state index contributed by atoms with van der Waals surface area (Å²) in [6.45, 7) is 0. The first-order chi connectivity index (χ1) is 6.34. The minimum absolute atomic E-state index is 0.470. The van der Waals surface area contributed by atoms with Crippen LogP contribution in [-0.2, 0) is 0 Å². The van der Waals surface area contributed by atoms with Crippen molar-refractivity contribution in [3.8, 4) is 0 Å². The van der Waals surface area contributed by atoms with Crippen LogP contribution < -0.4 is 5.73 Å². The van der Waals surface area contributed by atoms with E-state index < -0.39 is 0 Å². The number of rotatable bonds is 1. The van der Waals surface area contributed by atoms with Crippen LogP contribution >= 0.6 is 0 Å². The lowest BCUT2D eigenvalue weighted by molar-refractivity contribution is 1.06. The van der Waals surface area contributed by atoms with Gasteiger partial charge in [-0.1, -0.05) is 6.07 Å². The number of nitrogen functional groups attached to an aromatic ring is 1. The molecular formula is C9H10N4. The van der Waals surface area contributed by atoms with Gasteiger partial charge in [0.2, 0.25) is 5.95 Å². The van der Waals surface area contributed by atoms with Crippen molar-refractivity contribution >= 4 is 11.6 Å². The molecule has 0 atom stereocenters. The maximum Gasteiger partial charge on any atom is 0.226 e. The summed E-state index contributed by atoms with van der Waals surface area (Å²) in [5, 5.41) is 7.73. The first kappa shape index (κ1) is 6.88. The van der Waals surface area contributed by atoms with Crippen molar-refractivity contribution in [3.05, 3.63) is 23.9 Å². The predicted molar refractivity (Wildman–Crippen MR) is 49.4 cm³/mol. The van der Waals surface area contributed by atoms with E-state index in [2.05, 4.69) is 16.3 Å². The monoisotopic (exact) mass is 174 g/mol. The average molecular weight is 174 g/mol. The molecule has 0 saturated heterocycles. The summed E-state index contributed by atoms with van der Waals surface area (Å²) in [7, 11) is 0. The van der Waals surface area contributed by atoms with Crippen LogP contribution in [-0.4, -0.2) is 14.6 Å². The molecular weight excluding hydrogens is 164 g/mol. The van der Waals surface area contributed by atoms with Gasteiger partial charge in [-0.15, -0.1) is 10.2 Å². The zero-order valence-corrected chi connectivity index (χ0v) is 7.14. The van der Waals surface area contributed by atoms with Crippen molar-refractivity contribution in [1.82, 2.24) is 14.6 Å². The lowest BCUT2D eigenvalue weighted by atomic mass is 10.2. The van der Waals surface area contributed by atoms with E-state index in [1.165, 1.54) is 18.4 Å². The van der Waals surface area contributed by atoms with Gasteiger partial charge in [0.15, 0.2) is 5.65 Å².